The van der Waals surface area contributed by atoms with E-state index in [4.69, 9.17) is 0 Å². The number of carbonyl (C=O) groups is 1. The van der Waals surface area contributed by atoms with Gasteiger partial charge in [-0.05, 0) is 42.5 Å². The molecule has 0 radical (unpaired) electrons. The topological polar surface area (TPSA) is 33.2 Å². The average molecular weight is 272 g/mol. The molecule has 4 heteroatoms. The van der Waals surface area contributed by atoms with E-state index in [1.54, 1.807) is 28.6 Å². The van der Waals surface area contributed by atoms with Crippen molar-refractivity contribution in [3.8, 4) is 0 Å². The second-order valence-corrected chi connectivity index (χ2v) is 6.07. The smallest absolute Gasteiger partial charge is 0.263 e. The van der Waals surface area contributed by atoms with Gasteiger partial charge < -0.3 is 4.90 Å². The molecule has 2 heterocycles. The summed E-state index contributed by atoms with van der Waals surface area (Å²) < 4.78 is 0. The molecule has 1 aliphatic carbocycles. The zero-order valence-electron chi connectivity index (χ0n) is 10.9. The molecule has 98 valence electrons. The number of hydrogen-bond donors (Lipinski definition) is 0. The summed E-state index contributed by atoms with van der Waals surface area (Å²) in [5.74, 6) is 0.114. The van der Waals surface area contributed by atoms with Gasteiger partial charge in [0.05, 0.1) is 4.88 Å². The first-order valence-electron chi connectivity index (χ1n) is 6.50. The van der Waals surface area contributed by atoms with E-state index in [9.17, 15) is 4.79 Å². The van der Waals surface area contributed by atoms with Crippen molar-refractivity contribution in [1.82, 2.24) is 9.88 Å². The predicted molar refractivity (Wildman–Crippen MR) is 76.4 cm³/mol. The Morgan fingerprint density at radius 1 is 1.47 bits per heavy atom. The summed E-state index contributed by atoms with van der Waals surface area (Å²) in [5, 5.41) is 0. The highest BCUT2D eigenvalue weighted by atomic mass is 32.1. The van der Waals surface area contributed by atoms with E-state index in [1.807, 2.05) is 19.2 Å². The van der Waals surface area contributed by atoms with Gasteiger partial charge in [-0.3, -0.25) is 9.78 Å². The van der Waals surface area contributed by atoms with E-state index >= 15 is 0 Å². The predicted octanol–water partition coefficient (Wildman–Crippen LogP) is 2.90. The van der Waals surface area contributed by atoms with E-state index in [-0.39, 0.29) is 5.91 Å². The van der Waals surface area contributed by atoms with Crippen molar-refractivity contribution in [1.29, 1.82) is 0 Å². The molecule has 2 aromatic heterocycles. The maximum Gasteiger partial charge on any atom is 0.263 e. The van der Waals surface area contributed by atoms with Crippen molar-refractivity contribution >= 4 is 17.2 Å². The number of pyridine rings is 1. The van der Waals surface area contributed by atoms with Crippen LogP contribution in [-0.2, 0) is 19.4 Å². The van der Waals surface area contributed by atoms with Crippen LogP contribution >= 0.6 is 11.3 Å². The van der Waals surface area contributed by atoms with Crippen LogP contribution < -0.4 is 0 Å². The summed E-state index contributed by atoms with van der Waals surface area (Å²) in [5.41, 5.74) is 2.44. The highest BCUT2D eigenvalue weighted by molar-refractivity contribution is 7.14. The second kappa shape index (κ2) is 5.13. The lowest BCUT2D eigenvalue weighted by atomic mass is 10.2. The van der Waals surface area contributed by atoms with Crippen molar-refractivity contribution in [2.24, 2.45) is 0 Å². The molecule has 1 aliphatic rings. The highest BCUT2D eigenvalue weighted by Crippen LogP contribution is 2.31. The van der Waals surface area contributed by atoms with Gasteiger partial charge in [-0.1, -0.05) is 6.07 Å². The maximum absolute atomic E-state index is 12.4. The Balaban J connectivity index is 1.72. The van der Waals surface area contributed by atoms with Crippen molar-refractivity contribution in [3.05, 3.63) is 51.5 Å². The molecular formula is C15H16N2OS. The normalized spacial score (nSPS) is 13.3. The maximum atomic E-state index is 12.4. The standard InChI is InChI=1S/C15H16N2OS/c1-17(10-11-4-3-7-16-9-11)15(18)14-8-12-5-2-6-13(12)19-14/h3-4,7-9H,2,5-6,10H2,1H3. The molecule has 2 aromatic rings. The monoisotopic (exact) mass is 272 g/mol. The molecule has 0 bridgehead atoms. The van der Waals surface area contributed by atoms with Crippen LogP contribution in [0.25, 0.3) is 0 Å². The van der Waals surface area contributed by atoms with Gasteiger partial charge in [0.2, 0.25) is 0 Å². The van der Waals surface area contributed by atoms with Crippen molar-refractivity contribution < 1.29 is 4.79 Å². The lowest BCUT2D eigenvalue weighted by Gasteiger charge is -2.16. The molecule has 0 aromatic carbocycles. The van der Waals surface area contributed by atoms with E-state index in [0.29, 0.717) is 6.54 Å². The fourth-order valence-electron chi connectivity index (χ4n) is 2.46. The first kappa shape index (κ1) is 12.4. The Kier molecular flexibility index (Phi) is 3.34. The summed E-state index contributed by atoms with van der Waals surface area (Å²) in [4.78, 5) is 20.5. The molecular weight excluding hydrogens is 256 g/mol. The number of carbonyl (C=O) groups excluding carboxylic acids is 1. The van der Waals surface area contributed by atoms with E-state index in [1.165, 1.54) is 16.9 Å². The summed E-state index contributed by atoms with van der Waals surface area (Å²) in [6.45, 7) is 0.606. The number of aromatic nitrogens is 1. The summed E-state index contributed by atoms with van der Waals surface area (Å²) in [6.07, 6.45) is 7.06. The fraction of sp³-hybridized carbons (Fsp3) is 0.333. The molecule has 19 heavy (non-hydrogen) atoms. The first-order chi connectivity index (χ1) is 9.24. The molecule has 0 unspecified atom stereocenters. The number of thiophene rings is 1. The molecule has 3 rings (SSSR count). The Bertz CT molecular complexity index is 570. The molecule has 0 saturated carbocycles. The first-order valence-corrected chi connectivity index (χ1v) is 7.31. The lowest BCUT2D eigenvalue weighted by molar-refractivity contribution is 0.0789. The van der Waals surface area contributed by atoms with E-state index in [2.05, 4.69) is 11.1 Å². The molecule has 0 saturated heterocycles. The van der Waals surface area contributed by atoms with Crippen LogP contribution in [-0.4, -0.2) is 22.8 Å². The fourth-order valence-corrected chi connectivity index (χ4v) is 3.71. The van der Waals surface area contributed by atoms with Gasteiger partial charge in [-0.15, -0.1) is 11.3 Å². The Morgan fingerprint density at radius 3 is 3.11 bits per heavy atom. The van der Waals surface area contributed by atoms with Gasteiger partial charge in [-0.2, -0.15) is 0 Å². The molecule has 0 N–H and O–H groups in total. The molecule has 0 spiro atoms. The summed E-state index contributed by atoms with van der Waals surface area (Å²) in [7, 11) is 1.85. The van der Waals surface area contributed by atoms with Gasteiger partial charge in [0.25, 0.3) is 5.91 Å². The van der Waals surface area contributed by atoms with Crippen molar-refractivity contribution in [2.45, 2.75) is 25.8 Å². The number of nitrogens with zero attached hydrogens (tertiary/aromatic N) is 2. The third kappa shape index (κ3) is 2.54. The zero-order valence-corrected chi connectivity index (χ0v) is 11.7. The number of fused-ring (bicyclic) bond motifs is 1. The number of hydrogen-bond acceptors (Lipinski definition) is 3. The molecule has 0 atom stereocenters. The van der Waals surface area contributed by atoms with Crippen LogP contribution in [0.5, 0.6) is 0 Å². The van der Waals surface area contributed by atoms with Gasteiger partial charge >= 0.3 is 0 Å². The highest BCUT2D eigenvalue weighted by Gasteiger charge is 2.20. The minimum absolute atomic E-state index is 0.114. The molecule has 3 nitrogen and oxygen atoms in total. The van der Waals surface area contributed by atoms with Crippen LogP contribution in [0, 0.1) is 0 Å². The quantitative estimate of drug-likeness (QED) is 0.860. The number of amides is 1. The Hall–Kier alpha value is -1.68. The largest absolute Gasteiger partial charge is 0.337 e. The van der Waals surface area contributed by atoms with Crippen LogP contribution in [0.1, 0.15) is 32.1 Å². The zero-order chi connectivity index (χ0) is 13.2. The van der Waals surface area contributed by atoms with E-state index < -0.39 is 0 Å². The van der Waals surface area contributed by atoms with Crippen molar-refractivity contribution in [3.63, 3.8) is 0 Å². The third-order valence-electron chi connectivity index (χ3n) is 3.45. The number of aryl methyl sites for hydroxylation is 2. The van der Waals surface area contributed by atoms with Crippen LogP contribution in [0.4, 0.5) is 0 Å². The molecule has 0 fully saturated rings. The van der Waals surface area contributed by atoms with E-state index in [0.717, 1.165) is 23.3 Å². The SMILES string of the molecule is CN(Cc1cccnc1)C(=O)c1cc2c(s1)CCC2. The second-order valence-electron chi connectivity index (χ2n) is 4.94. The Morgan fingerprint density at radius 2 is 2.37 bits per heavy atom. The van der Waals surface area contributed by atoms with Crippen LogP contribution in [0.2, 0.25) is 0 Å². The van der Waals surface area contributed by atoms with Crippen LogP contribution in [0.3, 0.4) is 0 Å². The van der Waals surface area contributed by atoms with Crippen LogP contribution in [0.15, 0.2) is 30.6 Å². The number of rotatable bonds is 3. The summed E-state index contributed by atoms with van der Waals surface area (Å²) in [6, 6.07) is 5.97. The summed E-state index contributed by atoms with van der Waals surface area (Å²) >= 11 is 1.66. The van der Waals surface area contributed by atoms with Crippen molar-refractivity contribution in [2.75, 3.05) is 7.05 Å². The third-order valence-corrected chi connectivity index (χ3v) is 4.67. The Labute approximate surface area is 116 Å². The van der Waals surface area contributed by atoms with Gasteiger partial charge in [0.1, 0.15) is 0 Å². The molecule has 1 amide bonds. The van der Waals surface area contributed by atoms with Gasteiger partial charge in [0, 0.05) is 30.9 Å². The van der Waals surface area contributed by atoms with Gasteiger partial charge in [0.15, 0.2) is 0 Å². The van der Waals surface area contributed by atoms with Gasteiger partial charge in [-0.25, -0.2) is 0 Å². The lowest BCUT2D eigenvalue weighted by Crippen LogP contribution is -2.25. The average Bonchev–Trinajstić information content (AvgIpc) is 2.99. The minimum Gasteiger partial charge on any atom is -0.337 e. The molecule has 0 aliphatic heterocycles. The minimum atomic E-state index is 0.114.